The number of hydrogen-bond donors (Lipinski definition) is 1. The van der Waals surface area contributed by atoms with Gasteiger partial charge in [-0.25, -0.2) is 8.42 Å². The van der Waals surface area contributed by atoms with E-state index in [1.165, 1.54) is 30.6 Å². The van der Waals surface area contributed by atoms with E-state index in [0.29, 0.717) is 29.1 Å². The number of amides is 1. The number of methoxy groups -OCH3 is 1. The molecule has 158 valence electrons. The van der Waals surface area contributed by atoms with Crippen LogP contribution in [-0.2, 0) is 10.0 Å². The van der Waals surface area contributed by atoms with Gasteiger partial charge in [0.25, 0.3) is 15.9 Å². The van der Waals surface area contributed by atoms with Gasteiger partial charge >= 0.3 is 0 Å². The molecule has 2 rings (SSSR count). The molecule has 2 aromatic carbocycles. The van der Waals surface area contributed by atoms with Crippen molar-refractivity contribution in [3.63, 3.8) is 0 Å². The molecule has 0 saturated carbocycles. The zero-order chi connectivity index (χ0) is 21.6. The number of aryl methyl sites for hydroxylation is 1. The van der Waals surface area contributed by atoms with Crippen molar-refractivity contribution >= 4 is 21.6 Å². The van der Waals surface area contributed by atoms with Gasteiger partial charge in [-0.05, 0) is 82.0 Å². The molecule has 0 radical (unpaired) electrons. The summed E-state index contributed by atoms with van der Waals surface area (Å²) >= 11 is 0. The average molecular weight is 420 g/mol. The quantitative estimate of drug-likeness (QED) is 0.632. The van der Waals surface area contributed by atoms with Crippen molar-refractivity contribution in [2.75, 3.05) is 45.6 Å². The lowest BCUT2D eigenvalue weighted by molar-refractivity contribution is 0.0952. The first-order valence-corrected chi connectivity index (χ1v) is 10.8. The minimum Gasteiger partial charge on any atom is -0.497 e. The molecular weight excluding hydrogens is 390 g/mol. The van der Waals surface area contributed by atoms with Gasteiger partial charge in [0, 0.05) is 19.2 Å². The number of nitrogens with zero attached hydrogens (tertiary/aromatic N) is 2. The Balaban J connectivity index is 2.14. The second-order valence-electron chi connectivity index (χ2n) is 7.06. The van der Waals surface area contributed by atoms with Crippen LogP contribution < -0.4 is 14.4 Å². The van der Waals surface area contributed by atoms with Gasteiger partial charge < -0.3 is 15.0 Å². The maximum absolute atomic E-state index is 12.9. The van der Waals surface area contributed by atoms with E-state index in [9.17, 15) is 13.2 Å². The summed E-state index contributed by atoms with van der Waals surface area (Å²) in [6.45, 7) is 3.27. The monoisotopic (exact) mass is 419 g/mol. The van der Waals surface area contributed by atoms with Crippen molar-refractivity contribution in [1.82, 2.24) is 10.2 Å². The standard InChI is InChI=1S/C21H29N3O4S/c1-16-15-17(21(25)22-13-6-14-23(2)3)7-12-20(16)24(4)29(26,27)19-10-8-18(28-5)9-11-19/h7-12,15H,6,13-14H2,1-5H3,(H,22,25). The van der Waals surface area contributed by atoms with E-state index in [4.69, 9.17) is 4.74 Å². The van der Waals surface area contributed by atoms with Crippen LogP contribution in [0.5, 0.6) is 5.75 Å². The highest BCUT2D eigenvalue weighted by Crippen LogP contribution is 2.27. The number of hydrogen-bond acceptors (Lipinski definition) is 5. The molecule has 0 aliphatic heterocycles. The van der Waals surface area contributed by atoms with Gasteiger partial charge in [0.2, 0.25) is 0 Å². The van der Waals surface area contributed by atoms with Gasteiger partial charge in [0.05, 0.1) is 17.7 Å². The molecule has 0 heterocycles. The summed E-state index contributed by atoms with van der Waals surface area (Å²) in [5, 5.41) is 2.89. The number of ether oxygens (including phenoxy) is 1. The van der Waals surface area contributed by atoms with Gasteiger partial charge in [-0.15, -0.1) is 0 Å². The number of nitrogens with one attached hydrogen (secondary N) is 1. The number of benzene rings is 2. The number of rotatable bonds is 9. The SMILES string of the molecule is COc1ccc(S(=O)(=O)N(C)c2ccc(C(=O)NCCCN(C)C)cc2C)cc1. The maximum atomic E-state index is 12.9. The summed E-state index contributed by atoms with van der Waals surface area (Å²) in [5.74, 6) is 0.419. The lowest BCUT2D eigenvalue weighted by Crippen LogP contribution is -2.28. The second kappa shape index (κ2) is 9.76. The van der Waals surface area contributed by atoms with Crippen LogP contribution >= 0.6 is 0 Å². The van der Waals surface area contributed by atoms with Crippen molar-refractivity contribution in [2.45, 2.75) is 18.2 Å². The Morgan fingerprint density at radius 1 is 1.07 bits per heavy atom. The number of sulfonamides is 1. The molecule has 0 atom stereocenters. The van der Waals surface area contributed by atoms with Crippen LogP contribution in [0.2, 0.25) is 0 Å². The second-order valence-corrected chi connectivity index (χ2v) is 9.03. The molecule has 1 N–H and O–H groups in total. The first-order valence-electron chi connectivity index (χ1n) is 9.33. The van der Waals surface area contributed by atoms with Gasteiger partial charge in [0.1, 0.15) is 5.75 Å². The summed E-state index contributed by atoms with van der Waals surface area (Å²) in [5.41, 5.74) is 1.72. The van der Waals surface area contributed by atoms with Crippen LogP contribution in [0, 0.1) is 6.92 Å². The predicted molar refractivity (Wildman–Crippen MR) is 115 cm³/mol. The van der Waals surface area contributed by atoms with Crippen LogP contribution in [0.4, 0.5) is 5.69 Å². The minimum absolute atomic E-state index is 0.168. The highest BCUT2D eigenvalue weighted by Gasteiger charge is 2.23. The van der Waals surface area contributed by atoms with Crippen molar-refractivity contribution in [1.29, 1.82) is 0 Å². The molecule has 0 aromatic heterocycles. The smallest absolute Gasteiger partial charge is 0.264 e. The molecule has 0 saturated heterocycles. The normalized spacial score (nSPS) is 11.4. The van der Waals surface area contributed by atoms with Crippen molar-refractivity contribution < 1.29 is 17.9 Å². The fraction of sp³-hybridized carbons (Fsp3) is 0.381. The topological polar surface area (TPSA) is 79.0 Å². The number of anilines is 1. The summed E-state index contributed by atoms with van der Waals surface area (Å²) < 4.78 is 32.2. The first-order chi connectivity index (χ1) is 13.7. The van der Waals surface area contributed by atoms with Gasteiger partial charge in [-0.1, -0.05) is 0 Å². The highest BCUT2D eigenvalue weighted by molar-refractivity contribution is 7.92. The summed E-state index contributed by atoms with van der Waals surface area (Å²) in [7, 11) is 3.28. The van der Waals surface area contributed by atoms with Gasteiger partial charge in [-0.2, -0.15) is 0 Å². The number of carbonyl (C=O) groups is 1. The summed E-state index contributed by atoms with van der Waals surface area (Å²) in [6.07, 6.45) is 0.860. The van der Waals surface area contributed by atoms with Crippen LogP contribution in [-0.4, -0.2) is 60.6 Å². The van der Waals surface area contributed by atoms with Gasteiger partial charge in [0.15, 0.2) is 0 Å². The molecule has 8 heteroatoms. The van der Waals surface area contributed by atoms with Crippen LogP contribution in [0.15, 0.2) is 47.4 Å². The molecule has 7 nitrogen and oxygen atoms in total. The summed E-state index contributed by atoms with van der Waals surface area (Å²) in [6, 6.07) is 11.2. The summed E-state index contributed by atoms with van der Waals surface area (Å²) in [4.78, 5) is 14.6. The maximum Gasteiger partial charge on any atom is 0.264 e. The van der Waals surface area contributed by atoms with Crippen molar-refractivity contribution in [3.8, 4) is 5.75 Å². The molecule has 0 unspecified atom stereocenters. The predicted octanol–water partition coefficient (Wildman–Crippen LogP) is 2.51. The fourth-order valence-electron chi connectivity index (χ4n) is 2.88. The van der Waals surface area contributed by atoms with E-state index in [0.717, 1.165) is 13.0 Å². The highest BCUT2D eigenvalue weighted by atomic mass is 32.2. The molecule has 0 aliphatic rings. The molecule has 0 bridgehead atoms. The van der Waals surface area contributed by atoms with Crippen molar-refractivity contribution in [3.05, 3.63) is 53.6 Å². The Labute approximate surface area is 173 Å². The molecule has 0 aliphatic carbocycles. The molecule has 0 spiro atoms. The van der Waals surface area contributed by atoms with E-state index in [-0.39, 0.29) is 10.8 Å². The van der Waals surface area contributed by atoms with E-state index in [1.807, 2.05) is 14.1 Å². The first kappa shape index (κ1) is 22.7. The lowest BCUT2D eigenvalue weighted by atomic mass is 10.1. The van der Waals surface area contributed by atoms with Crippen molar-refractivity contribution in [2.24, 2.45) is 0 Å². The Morgan fingerprint density at radius 3 is 2.28 bits per heavy atom. The van der Waals surface area contributed by atoms with E-state index in [2.05, 4.69) is 10.2 Å². The van der Waals surface area contributed by atoms with Crippen LogP contribution in [0.3, 0.4) is 0 Å². The lowest BCUT2D eigenvalue weighted by Gasteiger charge is -2.22. The van der Waals surface area contributed by atoms with E-state index >= 15 is 0 Å². The fourth-order valence-corrected chi connectivity index (χ4v) is 4.14. The molecule has 0 fully saturated rings. The average Bonchev–Trinajstić information content (AvgIpc) is 2.70. The molecule has 1 amide bonds. The Bertz CT molecular complexity index is 941. The third kappa shape index (κ3) is 5.71. The van der Waals surface area contributed by atoms with E-state index in [1.54, 1.807) is 37.3 Å². The van der Waals surface area contributed by atoms with Crippen LogP contribution in [0.1, 0.15) is 22.3 Å². The third-order valence-electron chi connectivity index (χ3n) is 4.58. The Kier molecular flexibility index (Phi) is 7.64. The zero-order valence-corrected chi connectivity index (χ0v) is 18.4. The van der Waals surface area contributed by atoms with E-state index < -0.39 is 10.0 Å². The molecular formula is C21H29N3O4S. The number of carbonyl (C=O) groups excluding carboxylic acids is 1. The largest absolute Gasteiger partial charge is 0.497 e. The zero-order valence-electron chi connectivity index (χ0n) is 17.6. The van der Waals surface area contributed by atoms with Gasteiger partial charge in [-0.3, -0.25) is 9.10 Å². The van der Waals surface area contributed by atoms with Crippen LogP contribution in [0.25, 0.3) is 0 Å². The minimum atomic E-state index is -3.73. The molecule has 2 aromatic rings. The Morgan fingerprint density at radius 2 is 1.72 bits per heavy atom. The molecule has 29 heavy (non-hydrogen) atoms. The third-order valence-corrected chi connectivity index (χ3v) is 6.37. The Hall–Kier alpha value is -2.58.